The Morgan fingerprint density at radius 2 is 1.84 bits per heavy atom. The van der Waals surface area contributed by atoms with Gasteiger partial charge in [-0.2, -0.15) is 4.98 Å². The molecule has 32 heavy (non-hydrogen) atoms. The predicted octanol–water partition coefficient (Wildman–Crippen LogP) is 3.31. The van der Waals surface area contributed by atoms with Crippen LogP contribution >= 0.6 is 0 Å². The molecule has 10 heteroatoms. The lowest BCUT2D eigenvalue weighted by Crippen LogP contribution is -2.14. The van der Waals surface area contributed by atoms with Crippen molar-refractivity contribution in [3.05, 3.63) is 90.1 Å². The second-order valence-corrected chi connectivity index (χ2v) is 8.39. The Kier molecular flexibility index (Phi) is 5.95. The number of hydrogen-bond donors (Lipinski definition) is 1. The van der Waals surface area contributed by atoms with Crippen molar-refractivity contribution < 1.29 is 22.5 Å². The summed E-state index contributed by atoms with van der Waals surface area (Å²) in [6, 6.07) is 16.0. The summed E-state index contributed by atoms with van der Waals surface area (Å²) in [6.07, 6.45) is 3.51. The second-order valence-electron chi connectivity index (χ2n) is 6.71. The smallest absolute Gasteiger partial charge is 0.337 e. The summed E-state index contributed by atoms with van der Waals surface area (Å²) in [6.45, 7) is 0. The van der Waals surface area contributed by atoms with Gasteiger partial charge in [-0.1, -0.05) is 23.4 Å². The molecule has 4 aromatic rings. The van der Waals surface area contributed by atoms with Gasteiger partial charge in [-0.3, -0.25) is 9.71 Å². The molecule has 0 fully saturated rings. The van der Waals surface area contributed by atoms with Crippen molar-refractivity contribution in [1.82, 2.24) is 15.1 Å². The molecular formula is C22H18N4O5S. The molecule has 4 rings (SSSR count). The van der Waals surface area contributed by atoms with E-state index in [4.69, 9.17) is 4.52 Å². The highest BCUT2D eigenvalue weighted by Crippen LogP contribution is 2.23. The largest absolute Gasteiger partial charge is 0.465 e. The lowest BCUT2D eigenvalue weighted by molar-refractivity contribution is 0.0600. The highest BCUT2D eigenvalue weighted by molar-refractivity contribution is 7.92. The van der Waals surface area contributed by atoms with Crippen LogP contribution in [-0.2, 0) is 21.2 Å². The van der Waals surface area contributed by atoms with Gasteiger partial charge in [0.05, 0.1) is 29.7 Å². The molecule has 1 N–H and O–H groups in total. The number of benzene rings is 2. The Morgan fingerprint density at radius 1 is 1.06 bits per heavy atom. The number of carbonyl (C=O) groups excluding carboxylic acids is 1. The van der Waals surface area contributed by atoms with Crippen molar-refractivity contribution in [2.24, 2.45) is 0 Å². The van der Waals surface area contributed by atoms with Crippen LogP contribution in [0.2, 0.25) is 0 Å². The molecule has 2 aromatic heterocycles. The van der Waals surface area contributed by atoms with E-state index in [0.717, 1.165) is 0 Å². The topological polar surface area (TPSA) is 124 Å². The number of pyridine rings is 1. The summed E-state index contributed by atoms with van der Waals surface area (Å²) >= 11 is 0. The summed E-state index contributed by atoms with van der Waals surface area (Å²) in [7, 11) is -2.63. The van der Waals surface area contributed by atoms with Crippen LogP contribution < -0.4 is 4.72 Å². The van der Waals surface area contributed by atoms with Crippen LogP contribution in [-0.4, -0.2) is 36.6 Å². The van der Waals surface area contributed by atoms with Gasteiger partial charge in [0, 0.05) is 18.0 Å². The molecule has 0 aliphatic heterocycles. The van der Waals surface area contributed by atoms with Crippen LogP contribution in [0.1, 0.15) is 21.8 Å². The molecule has 2 aromatic carbocycles. The van der Waals surface area contributed by atoms with E-state index in [2.05, 4.69) is 24.6 Å². The standard InChI is InChI=1S/C22H18N4O5S/c1-30-22(27)15-8-10-18(11-9-15)32(28,29)26-19-7-3-2-5-16(19)13-20-24-21(25-31-20)17-6-4-12-23-14-17/h2-12,14,26H,13H2,1H3. The van der Waals surface area contributed by atoms with E-state index in [1.807, 2.05) is 6.07 Å². The van der Waals surface area contributed by atoms with Gasteiger partial charge in [-0.15, -0.1) is 0 Å². The molecule has 0 atom stereocenters. The zero-order chi connectivity index (χ0) is 22.6. The molecule has 0 aliphatic rings. The third-order valence-electron chi connectivity index (χ3n) is 4.58. The Hall–Kier alpha value is -4.05. The number of anilines is 1. The first kappa shape index (κ1) is 21.2. The number of rotatable bonds is 7. The Morgan fingerprint density at radius 3 is 2.56 bits per heavy atom. The Balaban J connectivity index is 1.55. The summed E-state index contributed by atoms with van der Waals surface area (Å²) in [5.41, 5.74) is 2.01. The molecule has 0 unspecified atom stereocenters. The summed E-state index contributed by atoms with van der Waals surface area (Å²) in [5, 5.41) is 3.96. The lowest BCUT2D eigenvalue weighted by Gasteiger charge is -2.12. The van der Waals surface area contributed by atoms with Crippen molar-refractivity contribution in [2.75, 3.05) is 11.8 Å². The van der Waals surface area contributed by atoms with Gasteiger partial charge in [-0.05, 0) is 48.0 Å². The number of para-hydroxylation sites is 1. The molecule has 0 saturated carbocycles. The molecule has 0 aliphatic carbocycles. The molecule has 0 bridgehead atoms. The fraction of sp³-hybridized carbons (Fsp3) is 0.0909. The molecule has 162 valence electrons. The maximum Gasteiger partial charge on any atom is 0.337 e. The number of esters is 1. The van der Waals surface area contributed by atoms with E-state index in [0.29, 0.717) is 28.5 Å². The number of ether oxygens (including phenoxy) is 1. The quantitative estimate of drug-likeness (QED) is 0.425. The molecule has 0 radical (unpaired) electrons. The van der Waals surface area contributed by atoms with E-state index in [1.54, 1.807) is 42.7 Å². The van der Waals surface area contributed by atoms with Gasteiger partial charge in [0.15, 0.2) is 0 Å². The lowest BCUT2D eigenvalue weighted by atomic mass is 10.1. The highest BCUT2D eigenvalue weighted by atomic mass is 32.2. The third-order valence-corrected chi connectivity index (χ3v) is 5.96. The van der Waals surface area contributed by atoms with E-state index in [1.165, 1.54) is 31.4 Å². The predicted molar refractivity (Wildman–Crippen MR) is 115 cm³/mol. The third kappa shape index (κ3) is 4.65. The number of aromatic nitrogens is 3. The summed E-state index contributed by atoms with van der Waals surface area (Å²) in [4.78, 5) is 20.0. The minimum absolute atomic E-state index is 0.0108. The number of sulfonamides is 1. The van der Waals surface area contributed by atoms with Crippen LogP contribution in [0.5, 0.6) is 0 Å². The number of nitrogens with one attached hydrogen (secondary N) is 1. The molecule has 9 nitrogen and oxygen atoms in total. The van der Waals surface area contributed by atoms with Crippen molar-refractivity contribution >= 4 is 21.7 Å². The normalized spacial score (nSPS) is 11.2. The fourth-order valence-corrected chi connectivity index (χ4v) is 4.07. The van der Waals surface area contributed by atoms with Crippen LogP contribution in [0.25, 0.3) is 11.4 Å². The maximum atomic E-state index is 12.9. The van der Waals surface area contributed by atoms with Crippen molar-refractivity contribution in [3.8, 4) is 11.4 Å². The number of methoxy groups -OCH3 is 1. The first-order valence-corrected chi connectivity index (χ1v) is 11.0. The van der Waals surface area contributed by atoms with E-state index >= 15 is 0 Å². The second kappa shape index (κ2) is 8.98. The molecule has 2 heterocycles. The first-order valence-electron chi connectivity index (χ1n) is 9.48. The molecule has 0 amide bonds. The van der Waals surface area contributed by atoms with Crippen LogP contribution in [0.15, 0.2) is 82.5 Å². The minimum atomic E-state index is -3.89. The van der Waals surface area contributed by atoms with Gasteiger partial charge in [0.2, 0.25) is 11.7 Å². The number of hydrogen-bond acceptors (Lipinski definition) is 8. The van der Waals surface area contributed by atoms with E-state index < -0.39 is 16.0 Å². The SMILES string of the molecule is COC(=O)c1ccc(S(=O)(=O)Nc2ccccc2Cc2nc(-c3cccnc3)no2)cc1. The van der Waals surface area contributed by atoms with Crippen molar-refractivity contribution in [1.29, 1.82) is 0 Å². The zero-order valence-electron chi connectivity index (χ0n) is 16.9. The van der Waals surface area contributed by atoms with Crippen LogP contribution in [0.4, 0.5) is 5.69 Å². The van der Waals surface area contributed by atoms with E-state index in [9.17, 15) is 13.2 Å². The molecular weight excluding hydrogens is 432 g/mol. The van der Waals surface area contributed by atoms with Crippen LogP contribution in [0, 0.1) is 0 Å². The number of nitrogens with zero attached hydrogens (tertiary/aromatic N) is 3. The zero-order valence-corrected chi connectivity index (χ0v) is 17.7. The van der Waals surface area contributed by atoms with Crippen LogP contribution in [0.3, 0.4) is 0 Å². The Labute approximate surface area is 184 Å². The van der Waals surface area contributed by atoms with Crippen molar-refractivity contribution in [3.63, 3.8) is 0 Å². The van der Waals surface area contributed by atoms with Gasteiger partial charge in [0.25, 0.3) is 10.0 Å². The maximum absolute atomic E-state index is 12.9. The minimum Gasteiger partial charge on any atom is -0.465 e. The van der Waals surface area contributed by atoms with Gasteiger partial charge in [0.1, 0.15) is 0 Å². The van der Waals surface area contributed by atoms with Gasteiger partial charge in [-0.25, -0.2) is 13.2 Å². The monoisotopic (exact) mass is 450 g/mol. The molecule has 0 saturated heterocycles. The Bertz CT molecular complexity index is 1340. The summed E-state index contributed by atoms with van der Waals surface area (Å²) in [5.74, 6) is 0.187. The van der Waals surface area contributed by atoms with Gasteiger partial charge >= 0.3 is 5.97 Å². The average molecular weight is 450 g/mol. The average Bonchev–Trinajstić information content (AvgIpc) is 3.29. The first-order chi connectivity index (χ1) is 15.5. The fourth-order valence-electron chi connectivity index (χ4n) is 2.97. The summed E-state index contributed by atoms with van der Waals surface area (Å²) < 4.78 is 38.3. The number of carbonyl (C=O) groups is 1. The van der Waals surface area contributed by atoms with E-state index in [-0.39, 0.29) is 16.9 Å². The molecule has 0 spiro atoms. The van der Waals surface area contributed by atoms with Crippen molar-refractivity contribution in [2.45, 2.75) is 11.3 Å². The van der Waals surface area contributed by atoms with Gasteiger partial charge < -0.3 is 9.26 Å². The highest BCUT2D eigenvalue weighted by Gasteiger charge is 2.18.